The number of hydrogen-bond donors (Lipinski definition) is 0. The van der Waals surface area contributed by atoms with Crippen molar-refractivity contribution in [1.29, 1.82) is 0 Å². The number of rotatable bonds is 1. The summed E-state index contributed by atoms with van der Waals surface area (Å²) < 4.78 is 12.8. The third-order valence-electron chi connectivity index (χ3n) is 1.63. The van der Waals surface area contributed by atoms with Gasteiger partial charge < -0.3 is 0 Å². The van der Waals surface area contributed by atoms with E-state index in [9.17, 15) is 14.0 Å². The van der Waals surface area contributed by atoms with Crippen LogP contribution >= 0.6 is 0 Å². The fourth-order valence-corrected chi connectivity index (χ4v) is 1.03. The molecule has 14 heavy (non-hydrogen) atoms. The molecule has 0 fully saturated rings. The predicted molar refractivity (Wildman–Crippen MR) is 49.3 cm³/mol. The molecule has 0 amide bonds. The van der Waals surface area contributed by atoms with Crippen LogP contribution in [0.25, 0.3) is 0 Å². The number of hydrogen-bond acceptors (Lipinski definition) is 2. The maximum absolute atomic E-state index is 12.8. The second-order valence-corrected chi connectivity index (χ2v) is 2.63. The van der Waals surface area contributed by atoms with E-state index in [1.807, 2.05) is 0 Å². The van der Waals surface area contributed by atoms with Crippen molar-refractivity contribution in [3.8, 4) is 11.8 Å². The average Bonchev–Trinajstić information content (AvgIpc) is 2.14. The lowest BCUT2D eigenvalue weighted by atomic mass is 10.0. The second-order valence-electron chi connectivity index (χ2n) is 2.63. The molecular weight excluding hydrogens is 183 g/mol. The van der Waals surface area contributed by atoms with E-state index in [0.717, 1.165) is 6.07 Å². The van der Waals surface area contributed by atoms with Crippen LogP contribution in [0.1, 0.15) is 22.8 Å². The zero-order valence-electron chi connectivity index (χ0n) is 7.50. The first-order chi connectivity index (χ1) is 6.65. The third-order valence-corrected chi connectivity index (χ3v) is 1.63. The molecule has 0 bridgehead atoms. The monoisotopic (exact) mass is 190 g/mol. The summed E-state index contributed by atoms with van der Waals surface area (Å²) in [6, 6.07) is 3.67. The predicted octanol–water partition coefficient (Wildman–Crippen LogP) is 1.58. The molecule has 0 radical (unpaired) electrons. The Balaban J connectivity index is 3.29. The second kappa shape index (κ2) is 4.33. The minimum absolute atomic E-state index is 0.208. The van der Waals surface area contributed by atoms with E-state index >= 15 is 0 Å². The fraction of sp³-hybridized carbons (Fsp3) is 0.0909. The number of carbonyl (C=O) groups excluding carboxylic acids is 2. The Morgan fingerprint density at radius 3 is 2.79 bits per heavy atom. The molecule has 1 aromatic rings. The standard InChI is InChI=1S/C11H7FO2/c1-8(14)11-5-4-10(12)7-9(11)3-2-6-13/h4-7H,1H3. The van der Waals surface area contributed by atoms with E-state index in [1.54, 1.807) is 0 Å². The Labute approximate surface area is 80.7 Å². The summed E-state index contributed by atoms with van der Waals surface area (Å²) in [5.41, 5.74) is 0.561. The summed E-state index contributed by atoms with van der Waals surface area (Å²) in [4.78, 5) is 21.1. The summed E-state index contributed by atoms with van der Waals surface area (Å²) in [6.07, 6.45) is 0.398. The van der Waals surface area contributed by atoms with Crippen molar-refractivity contribution in [3.63, 3.8) is 0 Å². The van der Waals surface area contributed by atoms with E-state index in [0.29, 0.717) is 11.8 Å². The molecule has 3 heteroatoms. The molecule has 0 aliphatic rings. The number of Topliss-reactive ketones (excluding diaryl/α,β-unsaturated/α-hetero) is 1. The fourth-order valence-electron chi connectivity index (χ4n) is 1.03. The zero-order valence-corrected chi connectivity index (χ0v) is 7.50. The molecule has 0 saturated heterocycles. The molecule has 0 atom stereocenters. The van der Waals surface area contributed by atoms with E-state index in [1.165, 1.54) is 19.1 Å². The Kier molecular flexibility index (Phi) is 3.14. The van der Waals surface area contributed by atoms with Crippen LogP contribution in [0.2, 0.25) is 0 Å². The molecule has 0 aliphatic carbocycles. The smallest absolute Gasteiger partial charge is 0.193 e. The van der Waals surface area contributed by atoms with Crippen LogP contribution in [-0.2, 0) is 4.79 Å². The number of benzene rings is 1. The summed E-state index contributed by atoms with van der Waals surface area (Å²) in [5, 5.41) is 0. The zero-order chi connectivity index (χ0) is 10.6. The Bertz CT molecular complexity index is 438. The van der Waals surface area contributed by atoms with Crippen LogP contribution in [0.5, 0.6) is 0 Å². The van der Waals surface area contributed by atoms with Gasteiger partial charge in [-0.1, -0.05) is 5.92 Å². The van der Waals surface area contributed by atoms with Crippen LogP contribution in [0.3, 0.4) is 0 Å². The van der Waals surface area contributed by atoms with Crippen molar-refractivity contribution in [2.75, 3.05) is 0 Å². The Hall–Kier alpha value is -1.95. The van der Waals surface area contributed by atoms with Crippen LogP contribution in [0.4, 0.5) is 4.39 Å². The molecular formula is C11H7FO2. The van der Waals surface area contributed by atoms with Crippen molar-refractivity contribution >= 4 is 12.1 Å². The Morgan fingerprint density at radius 1 is 1.50 bits per heavy atom. The van der Waals surface area contributed by atoms with Gasteiger partial charge in [-0.05, 0) is 31.0 Å². The molecule has 0 unspecified atom stereocenters. The van der Waals surface area contributed by atoms with Crippen molar-refractivity contribution in [2.24, 2.45) is 0 Å². The van der Waals surface area contributed by atoms with Gasteiger partial charge in [-0.3, -0.25) is 9.59 Å². The van der Waals surface area contributed by atoms with Crippen molar-refractivity contribution in [2.45, 2.75) is 6.92 Å². The first-order valence-electron chi connectivity index (χ1n) is 3.91. The molecule has 0 aliphatic heterocycles. The number of carbonyl (C=O) groups is 2. The first kappa shape index (κ1) is 10.1. The van der Waals surface area contributed by atoms with Gasteiger partial charge >= 0.3 is 0 Å². The van der Waals surface area contributed by atoms with Gasteiger partial charge in [-0.2, -0.15) is 0 Å². The number of ketones is 1. The van der Waals surface area contributed by atoms with E-state index in [-0.39, 0.29) is 11.3 Å². The highest BCUT2D eigenvalue weighted by atomic mass is 19.1. The van der Waals surface area contributed by atoms with Crippen molar-refractivity contribution in [1.82, 2.24) is 0 Å². The van der Waals surface area contributed by atoms with Gasteiger partial charge in [-0.15, -0.1) is 0 Å². The summed E-state index contributed by atoms with van der Waals surface area (Å²) in [6.45, 7) is 1.36. The number of halogens is 1. The summed E-state index contributed by atoms with van der Waals surface area (Å²) in [7, 11) is 0. The topological polar surface area (TPSA) is 34.1 Å². The normalized spacial score (nSPS) is 8.71. The van der Waals surface area contributed by atoms with Crippen LogP contribution in [-0.4, -0.2) is 12.1 Å². The third kappa shape index (κ3) is 2.27. The summed E-state index contributed by atoms with van der Waals surface area (Å²) >= 11 is 0. The van der Waals surface area contributed by atoms with Crippen LogP contribution in [0.15, 0.2) is 18.2 Å². The molecule has 1 aromatic carbocycles. The van der Waals surface area contributed by atoms with Crippen molar-refractivity contribution in [3.05, 3.63) is 35.1 Å². The molecule has 2 nitrogen and oxygen atoms in total. The maximum Gasteiger partial charge on any atom is 0.193 e. The van der Waals surface area contributed by atoms with E-state index in [2.05, 4.69) is 11.8 Å². The Morgan fingerprint density at radius 2 is 2.21 bits per heavy atom. The lowest BCUT2D eigenvalue weighted by Crippen LogP contribution is -1.97. The first-order valence-corrected chi connectivity index (χ1v) is 3.91. The minimum Gasteiger partial charge on any atom is -0.294 e. The van der Waals surface area contributed by atoms with Crippen LogP contribution in [0, 0.1) is 17.7 Å². The maximum atomic E-state index is 12.8. The summed E-state index contributed by atoms with van der Waals surface area (Å²) in [5.74, 6) is 3.85. The average molecular weight is 190 g/mol. The van der Waals surface area contributed by atoms with Gasteiger partial charge in [0.2, 0.25) is 0 Å². The molecule has 0 spiro atoms. The van der Waals surface area contributed by atoms with E-state index in [4.69, 9.17) is 0 Å². The largest absolute Gasteiger partial charge is 0.294 e. The highest BCUT2D eigenvalue weighted by Crippen LogP contribution is 2.10. The minimum atomic E-state index is -0.481. The molecule has 1 rings (SSSR count). The van der Waals surface area contributed by atoms with E-state index < -0.39 is 5.82 Å². The lowest BCUT2D eigenvalue weighted by molar-refractivity contribution is -0.103. The molecule has 70 valence electrons. The highest BCUT2D eigenvalue weighted by Gasteiger charge is 2.05. The SMILES string of the molecule is CC(=O)c1ccc(F)cc1C#CC=O. The highest BCUT2D eigenvalue weighted by molar-refractivity contribution is 5.96. The molecule has 0 N–H and O–H groups in total. The van der Waals surface area contributed by atoms with Gasteiger partial charge in [0.1, 0.15) is 5.82 Å². The molecule has 0 heterocycles. The van der Waals surface area contributed by atoms with Gasteiger partial charge in [0.15, 0.2) is 12.1 Å². The molecule has 0 aromatic heterocycles. The van der Waals surface area contributed by atoms with Crippen LogP contribution < -0.4 is 0 Å². The van der Waals surface area contributed by atoms with Gasteiger partial charge in [0, 0.05) is 11.1 Å². The van der Waals surface area contributed by atoms with Gasteiger partial charge in [0.25, 0.3) is 0 Å². The van der Waals surface area contributed by atoms with Crippen molar-refractivity contribution < 1.29 is 14.0 Å². The van der Waals surface area contributed by atoms with Gasteiger partial charge in [0.05, 0.1) is 0 Å². The van der Waals surface area contributed by atoms with Gasteiger partial charge in [-0.25, -0.2) is 4.39 Å². The quantitative estimate of drug-likeness (QED) is 0.382. The molecule has 0 saturated carbocycles. The number of aldehydes is 1. The lowest BCUT2D eigenvalue weighted by Gasteiger charge is -1.99.